The number of ether oxygens (including phenoxy) is 2. The Balaban J connectivity index is 1.17. The molecule has 0 N–H and O–H groups in total. The summed E-state index contributed by atoms with van der Waals surface area (Å²) in [7, 11) is 1.64. The van der Waals surface area contributed by atoms with Crippen LogP contribution in [0.15, 0.2) is 65.2 Å². The molecule has 7 heteroatoms. The molecule has 0 bridgehead atoms. The summed E-state index contributed by atoms with van der Waals surface area (Å²) in [6, 6.07) is 17.8. The van der Waals surface area contributed by atoms with Gasteiger partial charge in [0.05, 0.1) is 13.7 Å². The lowest BCUT2D eigenvalue weighted by atomic mass is 10.2. The zero-order valence-corrected chi connectivity index (χ0v) is 17.8. The van der Waals surface area contributed by atoms with Crippen molar-refractivity contribution in [1.82, 2.24) is 19.9 Å². The summed E-state index contributed by atoms with van der Waals surface area (Å²) in [6.07, 6.45) is 4.42. The maximum atomic E-state index is 5.71. The molecule has 4 rings (SSSR count). The van der Waals surface area contributed by atoms with E-state index in [9.17, 15) is 0 Å². The lowest BCUT2D eigenvalue weighted by Crippen LogP contribution is -2.45. The van der Waals surface area contributed by atoms with Crippen molar-refractivity contribution in [2.24, 2.45) is 0 Å². The van der Waals surface area contributed by atoms with Crippen LogP contribution in [-0.4, -0.2) is 59.8 Å². The Morgan fingerprint density at radius 2 is 1.65 bits per heavy atom. The predicted molar refractivity (Wildman–Crippen MR) is 119 cm³/mol. The Hall–Kier alpha value is -3.16. The van der Waals surface area contributed by atoms with E-state index in [0.717, 1.165) is 44.2 Å². The van der Waals surface area contributed by atoms with Gasteiger partial charge in [0.1, 0.15) is 11.5 Å². The molecule has 0 spiro atoms. The molecule has 0 atom stereocenters. The largest absolute Gasteiger partial charge is 0.497 e. The van der Waals surface area contributed by atoms with Crippen molar-refractivity contribution in [3.05, 3.63) is 78.0 Å². The van der Waals surface area contributed by atoms with Crippen molar-refractivity contribution in [1.29, 1.82) is 0 Å². The number of nitrogens with zero attached hydrogens (tertiary/aromatic N) is 4. The highest BCUT2D eigenvalue weighted by Crippen LogP contribution is 2.18. The van der Waals surface area contributed by atoms with Gasteiger partial charge in [-0.05, 0) is 29.8 Å². The summed E-state index contributed by atoms with van der Waals surface area (Å²) >= 11 is 0. The zero-order valence-electron chi connectivity index (χ0n) is 17.8. The first-order valence-corrected chi connectivity index (χ1v) is 10.5. The summed E-state index contributed by atoms with van der Waals surface area (Å²) in [6.45, 7) is 5.94. The van der Waals surface area contributed by atoms with E-state index in [2.05, 4.69) is 56.4 Å². The van der Waals surface area contributed by atoms with Gasteiger partial charge in [-0.2, -0.15) is 4.98 Å². The van der Waals surface area contributed by atoms with Crippen LogP contribution in [0.1, 0.15) is 17.3 Å². The number of aromatic nitrogens is 2. The second kappa shape index (κ2) is 10.7. The van der Waals surface area contributed by atoms with E-state index in [4.69, 9.17) is 14.0 Å². The highest BCUT2D eigenvalue weighted by molar-refractivity contribution is 5.48. The molecule has 0 unspecified atom stereocenters. The molecule has 0 amide bonds. The molecule has 31 heavy (non-hydrogen) atoms. The fourth-order valence-corrected chi connectivity index (χ4v) is 3.46. The maximum Gasteiger partial charge on any atom is 0.240 e. The fraction of sp³-hybridized carbons (Fsp3) is 0.333. The van der Waals surface area contributed by atoms with Crippen molar-refractivity contribution < 1.29 is 14.0 Å². The van der Waals surface area contributed by atoms with Gasteiger partial charge in [-0.25, -0.2) is 0 Å². The van der Waals surface area contributed by atoms with Crippen LogP contribution < -0.4 is 9.47 Å². The van der Waals surface area contributed by atoms with Gasteiger partial charge >= 0.3 is 0 Å². The van der Waals surface area contributed by atoms with E-state index in [-0.39, 0.29) is 6.61 Å². The SMILES string of the molecule is COc1ccc(OCc2noc(CN3CCN(C/C=C/c4ccccc4)CC3)n2)cc1. The minimum Gasteiger partial charge on any atom is -0.497 e. The molecular weight excluding hydrogens is 392 g/mol. The van der Waals surface area contributed by atoms with Gasteiger partial charge < -0.3 is 14.0 Å². The van der Waals surface area contributed by atoms with Crippen molar-refractivity contribution in [3.63, 3.8) is 0 Å². The second-order valence-electron chi connectivity index (χ2n) is 7.46. The van der Waals surface area contributed by atoms with Crippen LogP contribution in [0.4, 0.5) is 0 Å². The van der Waals surface area contributed by atoms with Crippen LogP contribution in [0.5, 0.6) is 11.5 Å². The first kappa shape index (κ1) is 21.1. The highest BCUT2D eigenvalue weighted by atomic mass is 16.5. The molecule has 2 aromatic carbocycles. The number of hydrogen-bond donors (Lipinski definition) is 0. The molecule has 1 aromatic heterocycles. The first-order valence-electron chi connectivity index (χ1n) is 10.5. The smallest absolute Gasteiger partial charge is 0.240 e. The Bertz CT molecular complexity index is 948. The molecule has 7 nitrogen and oxygen atoms in total. The van der Waals surface area contributed by atoms with E-state index in [1.54, 1.807) is 7.11 Å². The topological polar surface area (TPSA) is 63.9 Å². The molecule has 0 saturated carbocycles. The normalized spacial score (nSPS) is 15.4. The third-order valence-corrected chi connectivity index (χ3v) is 5.23. The molecule has 1 fully saturated rings. The van der Waals surface area contributed by atoms with E-state index in [1.807, 2.05) is 30.3 Å². The van der Waals surface area contributed by atoms with Gasteiger partial charge in [0.15, 0.2) is 6.61 Å². The fourth-order valence-electron chi connectivity index (χ4n) is 3.46. The summed E-state index contributed by atoms with van der Waals surface area (Å²) in [5, 5.41) is 4.03. The van der Waals surface area contributed by atoms with Crippen molar-refractivity contribution in [3.8, 4) is 11.5 Å². The van der Waals surface area contributed by atoms with E-state index >= 15 is 0 Å². The number of hydrogen-bond acceptors (Lipinski definition) is 7. The average Bonchev–Trinajstić information content (AvgIpc) is 3.27. The highest BCUT2D eigenvalue weighted by Gasteiger charge is 2.18. The lowest BCUT2D eigenvalue weighted by Gasteiger charge is -2.33. The van der Waals surface area contributed by atoms with Crippen molar-refractivity contribution in [2.75, 3.05) is 39.8 Å². The molecule has 0 aliphatic carbocycles. The number of rotatable bonds is 9. The lowest BCUT2D eigenvalue weighted by molar-refractivity contribution is 0.125. The summed E-state index contributed by atoms with van der Waals surface area (Å²) < 4.78 is 16.3. The molecule has 162 valence electrons. The molecule has 1 saturated heterocycles. The van der Waals surface area contributed by atoms with Crippen molar-refractivity contribution >= 4 is 6.08 Å². The minimum atomic E-state index is 0.275. The average molecular weight is 421 g/mol. The van der Waals surface area contributed by atoms with Crippen LogP contribution >= 0.6 is 0 Å². The summed E-state index contributed by atoms with van der Waals surface area (Å²) in [5.41, 5.74) is 1.24. The second-order valence-corrected chi connectivity index (χ2v) is 7.46. The number of methoxy groups -OCH3 is 1. The van der Waals surface area contributed by atoms with Gasteiger partial charge in [-0.1, -0.05) is 47.6 Å². The molecule has 3 aromatic rings. The summed E-state index contributed by atoms with van der Waals surface area (Å²) in [5.74, 6) is 2.72. The van der Waals surface area contributed by atoms with E-state index in [0.29, 0.717) is 18.3 Å². The minimum absolute atomic E-state index is 0.275. The Labute approximate surface area is 182 Å². The Kier molecular flexibility index (Phi) is 7.31. The van der Waals surface area contributed by atoms with Crippen molar-refractivity contribution in [2.45, 2.75) is 13.2 Å². The van der Waals surface area contributed by atoms with Crippen LogP contribution in [-0.2, 0) is 13.2 Å². The molecule has 1 aliphatic heterocycles. The molecular formula is C24H28N4O3. The Morgan fingerprint density at radius 3 is 2.39 bits per heavy atom. The number of benzene rings is 2. The van der Waals surface area contributed by atoms with Crippen LogP contribution in [0.3, 0.4) is 0 Å². The first-order chi connectivity index (χ1) is 15.3. The summed E-state index contributed by atoms with van der Waals surface area (Å²) in [4.78, 5) is 9.26. The maximum absolute atomic E-state index is 5.71. The van der Waals surface area contributed by atoms with Gasteiger partial charge in [0.25, 0.3) is 0 Å². The third-order valence-electron chi connectivity index (χ3n) is 5.23. The predicted octanol–water partition coefficient (Wildman–Crippen LogP) is 3.49. The monoisotopic (exact) mass is 420 g/mol. The van der Waals surface area contributed by atoms with Gasteiger partial charge in [0, 0.05) is 32.7 Å². The van der Waals surface area contributed by atoms with Gasteiger partial charge in [-0.3, -0.25) is 9.80 Å². The van der Waals surface area contributed by atoms with Crippen LogP contribution in [0, 0.1) is 0 Å². The molecule has 0 radical (unpaired) electrons. The van der Waals surface area contributed by atoms with Crippen LogP contribution in [0.2, 0.25) is 0 Å². The van der Waals surface area contributed by atoms with Gasteiger partial charge in [-0.15, -0.1) is 0 Å². The van der Waals surface area contributed by atoms with Gasteiger partial charge in [0.2, 0.25) is 11.7 Å². The number of piperazine rings is 1. The van der Waals surface area contributed by atoms with E-state index in [1.165, 1.54) is 5.56 Å². The standard InChI is InChI=1S/C24H28N4O3/c1-29-21-9-11-22(12-10-21)30-19-23-25-24(31-26-23)18-28-16-14-27(15-17-28)13-5-8-20-6-3-2-4-7-20/h2-12H,13-19H2,1H3/b8-5+. The molecule has 1 aliphatic rings. The quantitative estimate of drug-likeness (QED) is 0.525. The van der Waals surface area contributed by atoms with E-state index < -0.39 is 0 Å². The zero-order chi connectivity index (χ0) is 21.3. The molecule has 2 heterocycles. The Morgan fingerprint density at radius 1 is 0.935 bits per heavy atom. The third kappa shape index (κ3) is 6.41. The van der Waals surface area contributed by atoms with Crippen LogP contribution in [0.25, 0.3) is 6.08 Å².